The summed E-state index contributed by atoms with van der Waals surface area (Å²) in [6.07, 6.45) is -16.4. The molecule has 0 radical (unpaired) electrons. The van der Waals surface area contributed by atoms with Crippen LogP contribution in [-0.2, 0) is 14.3 Å². The van der Waals surface area contributed by atoms with Gasteiger partial charge >= 0.3 is 30.3 Å². The molecule has 10 nitrogen and oxygen atoms in total. The third-order valence-electron chi connectivity index (χ3n) is 7.93. The summed E-state index contributed by atoms with van der Waals surface area (Å²) >= 11 is 0. The lowest BCUT2D eigenvalue weighted by molar-refractivity contribution is -0.188. The Balaban J connectivity index is 0.000000267. The maximum atomic E-state index is 14.4. The molecule has 4 fully saturated rings. The van der Waals surface area contributed by atoms with Crippen LogP contribution in [0.1, 0.15) is 20.8 Å². The molecule has 4 atom stereocenters. The number of ether oxygens (including phenoxy) is 1. The van der Waals surface area contributed by atoms with E-state index in [1.807, 2.05) is 0 Å². The zero-order valence-electron chi connectivity index (χ0n) is 26.1. The van der Waals surface area contributed by atoms with E-state index >= 15 is 0 Å². The first-order chi connectivity index (χ1) is 21.6. The van der Waals surface area contributed by atoms with Gasteiger partial charge in [-0.25, -0.2) is 22.4 Å². The van der Waals surface area contributed by atoms with Crippen LogP contribution in [0.2, 0.25) is 0 Å². The lowest BCUT2D eigenvalue weighted by atomic mass is 10.1. The molecule has 4 rings (SSSR count). The number of likely N-dealkylation sites (tertiary alicyclic amines) is 3. The summed E-state index contributed by atoms with van der Waals surface area (Å²) in [4.78, 5) is 40.3. The fourth-order valence-corrected chi connectivity index (χ4v) is 5.49. The minimum absolute atomic E-state index is 0.00209. The number of hydrogen-bond donors (Lipinski definition) is 1. The summed E-state index contributed by atoms with van der Waals surface area (Å²) < 4.78 is 135. The van der Waals surface area contributed by atoms with Crippen LogP contribution in [0.5, 0.6) is 0 Å². The Morgan fingerprint density at radius 2 is 1.13 bits per heavy atom. The quantitative estimate of drug-likeness (QED) is 0.389. The molecular formula is C27H40F10N6O4. The van der Waals surface area contributed by atoms with Crippen LogP contribution < -0.4 is 5.32 Å². The lowest BCUT2D eigenvalue weighted by Gasteiger charge is -2.37. The number of halogens is 10. The molecule has 0 aromatic heterocycles. The minimum Gasteiger partial charge on any atom is -0.444 e. The van der Waals surface area contributed by atoms with Crippen LogP contribution >= 0.6 is 0 Å². The maximum Gasteiger partial charge on any atom is 0.471 e. The largest absolute Gasteiger partial charge is 0.471 e. The van der Waals surface area contributed by atoms with E-state index in [-0.39, 0.29) is 58.9 Å². The van der Waals surface area contributed by atoms with Gasteiger partial charge in [0.2, 0.25) is 0 Å². The standard InChI is InChI=1S/C16H24F5N3O3.C11H16F5N3O/c1-15(2,3)27-14(26)23-8-11(18)12(9-23)24(13(25)16(19,20)21)5-4-22-6-10(17)7-22;12-7-5-18(6-7)1-2-19(10(20)11(14,15)16)9-4-17-3-8(9)13/h10-12H,4-9H2,1-3H3;7-9,17H,1-6H2/t11-,12+;8-,9+/m11/s1. The van der Waals surface area contributed by atoms with E-state index in [2.05, 4.69) is 5.32 Å². The number of alkyl halides is 10. The molecule has 0 unspecified atom stereocenters. The van der Waals surface area contributed by atoms with Crippen molar-refractivity contribution in [3.63, 3.8) is 0 Å². The fraction of sp³-hybridized carbons (Fsp3) is 0.889. The number of hydrogen-bond acceptors (Lipinski definition) is 7. The van der Waals surface area contributed by atoms with Crippen LogP contribution in [0, 0.1) is 0 Å². The van der Waals surface area contributed by atoms with Crippen molar-refractivity contribution in [3.05, 3.63) is 0 Å². The summed E-state index contributed by atoms with van der Waals surface area (Å²) in [5.41, 5.74) is -0.844. The Morgan fingerprint density at radius 3 is 1.49 bits per heavy atom. The highest BCUT2D eigenvalue weighted by atomic mass is 19.4. The van der Waals surface area contributed by atoms with Gasteiger partial charge in [-0.05, 0) is 20.8 Å². The second kappa shape index (κ2) is 15.3. The zero-order chi connectivity index (χ0) is 35.5. The second-order valence-corrected chi connectivity index (χ2v) is 12.9. The smallest absolute Gasteiger partial charge is 0.444 e. The van der Waals surface area contributed by atoms with Gasteiger partial charge in [-0.1, -0.05) is 0 Å². The molecule has 3 amide bonds. The molecule has 47 heavy (non-hydrogen) atoms. The SMILES string of the molecule is CC(C)(C)OC(=O)N1C[C@@H](F)[C@@H](N(CCN2CC(F)C2)C(=O)C(F)(F)F)C1.O=C(N(CCN1CC(F)C1)[C@H]1CNC[C@H]1F)C(F)(F)F. The first kappa shape index (κ1) is 38.8. The van der Waals surface area contributed by atoms with Crippen LogP contribution in [0.4, 0.5) is 48.7 Å². The summed E-state index contributed by atoms with van der Waals surface area (Å²) in [5, 5.41) is 2.62. The van der Waals surface area contributed by atoms with E-state index in [1.165, 1.54) is 4.90 Å². The van der Waals surface area contributed by atoms with E-state index < -0.39 is 92.3 Å². The van der Waals surface area contributed by atoms with Crippen molar-refractivity contribution in [2.45, 2.75) is 75.5 Å². The van der Waals surface area contributed by atoms with Gasteiger partial charge in [0.05, 0.1) is 18.6 Å². The monoisotopic (exact) mass is 702 g/mol. The molecule has 0 aliphatic carbocycles. The van der Waals surface area contributed by atoms with Gasteiger partial charge in [-0.15, -0.1) is 0 Å². The fourth-order valence-electron chi connectivity index (χ4n) is 5.49. The van der Waals surface area contributed by atoms with Gasteiger partial charge in [0, 0.05) is 72.0 Å². The normalized spacial score (nSPS) is 26.3. The molecule has 20 heteroatoms. The highest BCUT2D eigenvalue weighted by molar-refractivity contribution is 5.83. The van der Waals surface area contributed by atoms with E-state index in [0.29, 0.717) is 9.80 Å². The first-order valence-corrected chi connectivity index (χ1v) is 15.0. The van der Waals surface area contributed by atoms with Crippen molar-refractivity contribution in [1.82, 2.24) is 29.8 Å². The number of nitrogens with zero attached hydrogens (tertiary/aromatic N) is 5. The molecule has 1 N–H and O–H groups in total. The molecule has 4 aliphatic heterocycles. The summed E-state index contributed by atoms with van der Waals surface area (Å²) in [6.45, 7) is 3.79. The average molecular weight is 703 g/mol. The van der Waals surface area contributed by atoms with Crippen LogP contribution in [0.25, 0.3) is 0 Å². The number of rotatable bonds is 8. The summed E-state index contributed by atoms with van der Waals surface area (Å²) in [6, 6.07) is -2.55. The molecule has 0 bridgehead atoms. The van der Waals surface area contributed by atoms with Crippen LogP contribution in [0.3, 0.4) is 0 Å². The number of carbonyl (C=O) groups excluding carboxylic acids is 3. The molecule has 4 saturated heterocycles. The Morgan fingerprint density at radius 1 is 0.681 bits per heavy atom. The Hall–Kier alpha value is -2.61. The highest BCUT2D eigenvalue weighted by Gasteiger charge is 2.50. The molecule has 4 aliphatic rings. The van der Waals surface area contributed by atoms with Crippen molar-refractivity contribution in [2.24, 2.45) is 0 Å². The molecule has 0 aromatic carbocycles. The van der Waals surface area contributed by atoms with Crippen LogP contribution in [0.15, 0.2) is 0 Å². The lowest BCUT2D eigenvalue weighted by Crippen LogP contribution is -2.56. The molecule has 4 heterocycles. The van der Waals surface area contributed by atoms with Crippen LogP contribution in [-0.4, -0.2) is 176 Å². The molecule has 0 aromatic rings. The molecular weight excluding hydrogens is 662 g/mol. The number of nitrogens with one attached hydrogen (secondary N) is 1. The van der Waals surface area contributed by atoms with Crippen molar-refractivity contribution in [3.8, 4) is 0 Å². The third kappa shape index (κ3) is 11.0. The second-order valence-electron chi connectivity index (χ2n) is 12.9. The number of carbonyl (C=O) groups is 3. The summed E-state index contributed by atoms with van der Waals surface area (Å²) in [5.74, 6) is -4.20. The van der Waals surface area contributed by atoms with Crippen molar-refractivity contribution < 1.29 is 63.0 Å². The van der Waals surface area contributed by atoms with E-state index in [9.17, 15) is 58.3 Å². The molecule has 0 saturated carbocycles. The third-order valence-corrected chi connectivity index (χ3v) is 7.93. The summed E-state index contributed by atoms with van der Waals surface area (Å²) in [7, 11) is 0. The maximum absolute atomic E-state index is 14.4. The minimum atomic E-state index is -5.17. The van der Waals surface area contributed by atoms with Gasteiger partial charge < -0.3 is 24.8 Å². The Kier molecular flexibility index (Phi) is 12.6. The highest BCUT2D eigenvalue weighted by Crippen LogP contribution is 2.27. The number of amides is 3. The topological polar surface area (TPSA) is 88.7 Å². The van der Waals surface area contributed by atoms with Gasteiger partial charge in [-0.2, -0.15) is 26.3 Å². The van der Waals surface area contributed by atoms with Gasteiger partial charge in [0.1, 0.15) is 30.3 Å². The molecule has 0 spiro atoms. The first-order valence-electron chi connectivity index (χ1n) is 15.0. The zero-order valence-corrected chi connectivity index (χ0v) is 26.1. The van der Waals surface area contributed by atoms with E-state index in [0.717, 1.165) is 4.90 Å². The van der Waals surface area contributed by atoms with E-state index in [4.69, 9.17) is 4.74 Å². The predicted octanol–water partition coefficient (Wildman–Crippen LogP) is 2.33. The molecule has 272 valence electrons. The Labute approximate surface area is 265 Å². The van der Waals surface area contributed by atoms with E-state index in [1.54, 1.807) is 25.7 Å². The van der Waals surface area contributed by atoms with Gasteiger partial charge in [0.15, 0.2) is 0 Å². The predicted molar refractivity (Wildman–Crippen MR) is 146 cm³/mol. The van der Waals surface area contributed by atoms with Crippen molar-refractivity contribution >= 4 is 17.9 Å². The Bertz CT molecular complexity index is 1080. The average Bonchev–Trinajstić information content (AvgIpc) is 3.50. The van der Waals surface area contributed by atoms with Gasteiger partial charge in [0.25, 0.3) is 0 Å². The van der Waals surface area contributed by atoms with Crippen molar-refractivity contribution in [2.75, 3.05) is 78.5 Å². The van der Waals surface area contributed by atoms with Gasteiger partial charge in [-0.3, -0.25) is 19.4 Å². The van der Waals surface area contributed by atoms with Crippen molar-refractivity contribution in [1.29, 1.82) is 0 Å².